The standard InChI is InChI=1S/C20H24N2O3/c1-15-13-19(11-12-21(15)18(24)25)8-7-17(23)22(19)20(9-10-20)14-16-5-3-2-4-6-16/h2-8,15H,9-14H2,1H3,(H,24,25)/t15-,19+/m0/s1. The Bertz CT molecular complexity index is 726. The van der Waals surface area contributed by atoms with Crippen LogP contribution in [0.25, 0.3) is 0 Å². The van der Waals surface area contributed by atoms with Crippen molar-refractivity contribution in [2.24, 2.45) is 0 Å². The predicted octanol–water partition coefficient (Wildman–Crippen LogP) is 3.06. The lowest BCUT2D eigenvalue weighted by Crippen LogP contribution is -2.61. The summed E-state index contributed by atoms with van der Waals surface area (Å²) in [6.07, 6.45) is 7.15. The molecule has 4 rings (SSSR count). The third kappa shape index (κ3) is 2.62. The lowest BCUT2D eigenvalue weighted by atomic mass is 9.81. The molecule has 2 fully saturated rings. The Morgan fingerprint density at radius 2 is 1.96 bits per heavy atom. The molecule has 2 atom stereocenters. The highest BCUT2D eigenvalue weighted by atomic mass is 16.4. The molecule has 0 bridgehead atoms. The van der Waals surface area contributed by atoms with Crippen molar-refractivity contribution in [2.45, 2.75) is 56.1 Å². The van der Waals surface area contributed by atoms with E-state index in [1.54, 1.807) is 6.08 Å². The fourth-order valence-corrected chi connectivity index (χ4v) is 4.80. The number of amides is 2. The van der Waals surface area contributed by atoms with Crippen molar-refractivity contribution in [1.82, 2.24) is 9.80 Å². The Morgan fingerprint density at radius 1 is 1.24 bits per heavy atom. The minimum atomic E-state index is -0.868. The number of hydrogen-bond donors (Lipinski definition) is 1. The summed E-state index contributed by atoms with van der Waals surface area (Å²) >= 11 is 0. The van der Waals surface area contributed by atoms with Crippen LogP contribution in [-0.2, 0) is 11.2 Å². The summed E-state index contributed by atoms with van der Waals surface area (Å²) in [4.78, 5) is 27.7. The van der Waals surface area contributed by atoms with E-state index in [0.717, 1.165) is 19.3 Å². The smallest absolute Gasteiger partial charge is 0.407 e. The van der Waals surface area contributed by atoms with Crippen molar-refractivity contribution in [3.05, 3.63) is 48.0 Å². The molecule has 0 radical (unpaired) electrons. The van der Waals surface area contributed by atoms with Gasteiger partial charge in [0.25, 0.3) is 0 Å². The zero-order valence-corrected chi connectivity index (χ0v) is 14.5. The lowest BCUT2D eigenvalue weighted by molar-refractivity contribution is -0.135. The summed E-state index contributed by atoms with van der Waals surface area (Å²) in [5.74, 6) is 0.0874. The number of benzene rings is 1. The van der Waals surface area contributed by atoms with Gasteiger partial charge in [0.1, 0.15) is 0 Å². The van der Waals surface area contributed by atoms with E-state index in [1.807, 2.05) is 31.2 Å². The number of hydrogen-bond acceptors (Lipinski definition) is 2. The van der Waals surface area contributed by atoms with E-state index >= 15 is 0 Å². The van der Waals surface area contributed by atoms with Gasteiger partial charge in [-0.1, -0.05) is 36.4 Å². The van der Waals surface area contributed by atoms with Gasteiger partial charge in [-0.25, -0.2) is 4.79 Å². The van der Waals surface area contributed by atoms with Crippen LogP contribution in [0, 0.1) is 0 Å². The van der Waals surface area contributed by atoms with E-state index in [4.69, 9.17) is 0 Å². The molecule has 2 heterocycles. The molecule has 2 aliphatic heterocycles. The number of nitrogens with zero attached hydrogens (tertiary/aromatic N) is 2. The quantitative estimate of drug-likeness (QED) is 0.920. The molecule has 5 nitrogen and oxygen atoms in total. The van der Waals surface area contributed by atoms with Crippen molar-refractivity contribution < 1.29 is 14.7 Å². The third-order valence-corrected chi connectivity index (χ3v) is 6.09. The van der Waals surface area contributed by atoms with E-state index in [-0.39, 0.29) is 23.0 Å². The average molecular weight is 340 g/mol. The van der Waals surface area contributed by atoms with E-state index in [9.17, 15) is 14.7 Å². The first kappa shape index (κ1) is 16.2. The first-order chi connectivity index (χ1) is 12.0. The van der Waals surface area contributed by atoms with E-state index in [0.29, 0.717) is 19.4 Å². The molecule has 1 aromatic rings. The first-order valence-electron chi connectivity index (χ1n) is 9.03. The second-order valence-corrected chi connectivity index (χ2v) is 7.78. The Labute approximate surface area is 147 Å². The van der Waals surface area contributed by atoms with Gasteiger partial charge in [0.15, 0.2) is 0 Å². The monoisotopic (exact) mass is 340 g/mol. The number of piperidine rings is 1. The molecule has 0 aromatic heterocycles. The topological polar surface area (TPSA) is 60.9 Å². The minimum Gasteiger partial charge on any atom is -0.465 e. The highest BCUT2D eigenvalue weighted by Gasteiger charge is 2.59. The van der Waals surface area contributed by atoms with Crippen molar-refractivity contribution in [2.75, 3.05) is 6.54 Å². The van der Waals surface area contributed by atoms with E-state index < -0.39 is 6.09 Å². The molecule has 5 heteroatoms. The second-order valence-electron chi connectivity index (χ2n) is 7.78. The van der Waals surface area contributed by atoms with Gasteiger partial charge in [0.05, 0.1) is 5.54 Å². The maximum absolute atomic E-state index is 12.8. The molecule has 1 saturated carbocycles. The normalized spacial score (nSPS) is 30.1. The SMILES string of the molecule is C[C@H]1C[C@@]2(C=CC(=O)N2C2(Cc3ccccc3)CC2)CCN1C(=O)O. The van der Waals surface area contributed by atoms with Crippen LogP contribution in [0.15, 0.2) is 42.5 Å². The summed E-state index contributed by atoms with van der Waals surface area (Å²) in [5.41, 5.74) is 0.826. The van der Waals surface area contributed by atoms with Gasteiger partial charge in [-0.3, -0.25) is 4.79 Å². The molecular formula is C20H24N2O3. The largest absolute Gasteiger partial charge is 0.465 e. The van der Waals surface area contributed by atoms with Crippen molar-refractivity contribution in [1.29, 1.82) is 0 Å². The molecule has 1 spiro atoms. The van der Waals surface area contributed by atoms with Crippen LogP contribution in [0.4, 0.5) is 4.79 Å². The molecule has 1 aliphatic carbocycles. The third-order valence-electron chi connectivity index (χ3n) is 6.09. The highest BCUT2D eigenvalue weighted by molar-refractivity contribution is 5.92. The van der Waals surface area contributed by atoms with Crippen LogP contribution in [0.5, 0.6) is 0 Å². The number of rotatable bonds is 3. The van der Waals surface area contributed by atoms with Gasteiger partial charge in [-0.15, -0.1) is 0 Å². The van der Waals surface area contributed by atoms with E-state index in [1.165, 1.54) is 10.5 Å². The fourth-order valence-electron chi connectivity index (χ4n) is 4.80. The molecule has 1 N–H and O–H groups in total. The highest BCUT2D eigenvalue weighted by Crippen LogP contribution is 2.52. The molecule has 132 valence electrons. The first-order valence-corrected chi connectivity index (χ1v) is 9.03. The molecule has 0 unspecified atom stereocenters. The lowest BCUT2D eigenvalue weighted by Gasteiger charge is -2.50. The van der Waals surface area contributed by atoms with Crippen LogP contribution in [0.3, 0.4) is 0 Å². The van der Waals surface area contributed by atoms with Gasteiger partial charge in [0, 0.05) is 24.2 Å². The average Bonchev–Trinajstić information content (AvgIpc) is 3.26. The molecule has 25 heavy (non-hydrogen) atoms. The Kier molecular flexibility index (Phi) is 3.63. The molecule has 2 amide bonds. The van der Waals surface area contributed by atoms with Gasteiger partial charge in [0.2, 0.25) is 5.91 Å². The summed E-state index contributed by atoms with van der Waals surface area (Å²) < 4.78 is 0. The zero-order chi connectivity index (χ0) is 17.7. The fraction of sp³-hybridized carbons (Fsp3) is 0.500. The van der Waals surface area contributed by atoms with Crippen LogP contribution in [0.2, 0.25) is 0 Å². The maximum Gasteiger partial charge on any atom is 0.407 e. The summed E-state index contributed by atoms with van der Waals surface area (Å²) in [6, 6.07) is 10.2. The summed E-state index contributed by atoms with van der Waals surface area (Å²) in [5, 5.41) is 9.35. The Hall–Kier alpha value is -2.30. The number of carbonyl (C=O) groups excluding carboxylic acids is 1. The maximum atomic E-state index is 12.8. The Balaban J connectivity index is 1.60. The van der Waals surface area contributed by atoms with Gasteiger partial charge in [-0.05, 0) is 44.6 Å². The second kappa shape index (κ2) is 5.61. The number of carboxylic acid groups (broad SMARTS) is 1. The molecule has 1 aromatic carbocycles. The van der Waals surface area contributed by atoms with Crippen LogP contribution >= 0.6 is 0 Å². The van der Waals surface area contributed by atoms with Gasteiger partial charge >= 0.3 is 6.09 Å². The van der Waals surface area contributed by atoms with Crippen molar-refractivity contribution >= 4 is 12.0 Å². The van der Waals surface area contributed by atoms with Crippen LogP contribution in [-0.4, -0.2) is 50.6 Å². The number of likely N-dealkylation sites (tertiary alicyclic amines) is 1. The Morgan fingerprint density at radius 3 is 2.56 bits per heavy atom. The zero-order valence-electron chi connectivity index (χ0n) is 14.5. The van der Waals surface area contributed by atoms with E-state index in [2.05, 4.69) is 17.0 Å². The van der Waals surface area contributed by atoms with Crippen LogP contribution in [0.1, 0.15) is 38.2 Å². The summed E-state index contributed by atoms with van der Waals surface area (Å²) in [6.45, 7) is 2.42. The predicted molar refractivity (Wildman–Crippen MR) is 94.3 cm³/mol. The van der Waals surface area contributed by atoms with Crippen molar-refractivity contribution in [3.63, 3.8) is 0 Å². The molecule has 3 aliphatic rings. The van der Waals surface area contributed by atoms with Crippen LogP contribution < -0.4 is 0 Å². The molecular weight excluding hydrogens is 316 g/mol. The minimum absolute atomic E-state index is 0.0863. The molecule has 1 saturated heterocycles. The van der Waals surface area contributed by atoms with Crippen molar-refractivity contribution in [3.8, 4) is 0 Å². The van der Waals surface area contributed by atoms with Gasteiger partial charge in [-0.2, -0.15) is 0 Å². The summed E-state index contributed by atoms with van der Waals surface area (Å²) in [7, 11) is 0. The van der Waals surface area contributed by atoms with Gasteiger partial charge < -0.3 is 14.9 Å². The number of carbonyl (C=O) groups is 2.